The van der Waals surface area contributed by atoms with Crippen LogP contribution in [-0.2, 0) is 14.6 Å². The van der Waals surface area contributed by atoms with Crippen molar-refractivity contribution in [2.75, 3.05) is 6.54 Å². The van der Waals surface area contributed by atoms with E-state index < -0.39 is 34.8 Å². The summed E-state index contributed by atoms with van der Waals surface area (Å²) in [6, 6.07) is 7.41. The number of carbonyl (C=O) groups is 1. The van der Waals surface area contributed by atoms with Crippen LogP contribution in [0.5, 0.6) is 0 Å². The van der Waals surface area contributed by atoms with E-state index in [1.807, 2.05) is 5.32 Å². The number of hydrogen-bond acceptors (Lipinski definition) is 4. The molecule has 0 radical (unpaired) electrons. The van der Waals surface area contributed by atoms with Crippen molar-refractivity contribution in [3.63, 3.8) is 0 Å². The third kappa shape index (κ3) is 5.06. The molecule has 0 saturated carbocycles. The molecule has 1 amide bonds. The van der Waals surface area contributed by atoms with E-state index in [9.17, 15) is 22.0 Å². The Labute approximate surface area is 114 Å². The van der Waals surface area contributed by atoms with Crippen molar-refractivity contribution in [1.29, 1.82) is 0 Å². The van der Waals surface area contributed by atoms with Gasteiger partial charge in [0.2, 0.25) is 5.91 Å². The Hall–Kier alpha value is -1.80. The van der Waals surface area contributed by atoms with Crippen molar-refractivity contribution < 1.29 is 27.1 Å². The average molecular weight is 305 g/mol. The van der Waals surface area contributed by atoms with Gasteiger partial charge in [0.1, 0.15) is 6.10 Å². The van der Waals surface area contributed by atoms with Crippen molar-refractivity contribution in [2.24, 2.45) is 0 Å². The Morgan fingerprint density at radius 1 is 1.30 bits per heavy atom. The number of halogens is 2. The highest BCUT2D eigenvalue weighted by atomic mass is 32.2. The van der Waals surface area contributed by atoms with E-state index in [2.05, 4.69) is 0 Å². The first-order chi connectivity index (χ1) is 9.33. The first kappa shape index (κ1) is 16.3. The maximum absolute atomic E-state index is 12.0. The molecule has 0 aliphatic heterocycles. The van der Waals surface area contributed by atoms with Crippen molar-refractivity contribution in [1.82, 2.24) is 5.32 Å². The molecule has 0 aromatic heterocycles. The van der Waals surface area contributed by atoms with Gasteiger partial charge in [-0.1, -0.05) is 18.2 Å². The van der Waals surface area contributed by atoms with Crippen LogP contribution in [0.1, 0.15) is 0 Å². The second-order valence-corrected chi connectivity index (χ2v) is 5.64. The van der Waals surface area contributed by atoms with Crippen molar-refractivity contribution in [3.8, 4) is 0 Å². The van der Waals surface area contributed by atoms with Crippen LogP contribution in [0.3, 0.4) is 0 Å². The lowest BCUT2D eigenvalue weighted by atomic mass is 10.3. The molecule has 0 fully saturated rings. The molecule has 1 aromatic rings. The first-order valence-corrected chi connectivity index (χ1v) is 7.10. The smallest absolute Gasteiger partial charge is 0.265 e. The van der Waals surface area contributed by atoms with Crippen LogP contribution >= 0.6 is 0 Å². The number of aliphatic hydroxyl groups excluding tert-OH is 1. The number of nitrogens with one attached hydrogen (secondary N) is 1. The van der Waals surface area contributed by atoms with Gasteiger partial charge >= 0.3 is 0 Å². The molecular formula is C12H13F2NO4S. The fraction of sp³-hybridized carbons (Fsp3) is 0.250. The fourth-order valence-electron chi connectivity index (χ4n) is 1.19. The Kier molecular flexibility index (Phi) is 5.78. The number of hydrogen-bond donors (Lipinski definition) is 2. The minimum Gasteiger partial charge on any atom is -0.385 e. The van der Waals surface area contributed by atoms with E-state index in [1.54, 1.807) is 6.07 Å². The van der Waals surface area contributed by atoms with Gasteiger partial charge in [0.25, 0.3) is 6.43 Å². The molecule has 0 heterocycles. The van der Waals surface area contributed by atoms with E-state index in [-0.39, 0.29) is 4.90 Å². The summed E-state index contributed by atoms with van der Waals surface area (Å²) in [5.74, 6) is -0.885. The molecular weight excluding hydrogens is 292 g/mol. The molecule has 8 heteroatoms. The lowest BCUT2D eigenvalue weighted by Gasteiger charge is -2.08. The summed E-state index contributed by atoms with van der Waals surface area (Å²) in [5, 5.41) is 11.4. The zero-order valence-electron chi connectivity index (χ0n) is 10.2. The highest BCUT2D eigenvalue weighted by molar-refractivity contribution is 7.94. The number of benzene rings is 1. The number of alkyl halides is 2. The molecule has 1 aromatic carbocycles. The minimum absolute atomic E-state index is 0.0108. The summed E-state index contributed by atoms with van der Waals surface area (Å²) < 4.78 is 47.4. The number of amides is 1. The molecule has 1 unspecified atom stereocenters. The second-order valence-electron chi connectivity index (χ2n) is 3.81. The highest BCUT2D eigenvalue weighted by Crippen LogP contribution is 2.10. The minimum atomic E-state index is -3.76. The lowest BCUT2D eigenvalue weighted by Crippen LogP contribution is -2.35. The topological polar surface area (TPSA) is 83.5 Å². The molecule has 20 heavy (non-hydrogen) atoms. The molecule has 110 valence electrons. The Balaban J connectivity index is 2.62. The zero-order chi connectivity index (χ0) is 15.2. The molecule has 0 saturated heterocycles. The molecule has 0 aliphatic rings. The average Bonchev–Trinajstić information content (AvgIpc) is 2.43. The third-order valence-corrected chi connectivity index (χ3v) is 3.67. The monoisotopic (exact) mass is 305 g/mol. The summed E-state index contributed by atoms with van der Waals surface area (Å²) >= 11 is 0. The molecule has 5 nitrogen and oxygen atoms in total. The van der Waals surface area contributed by atoms with Gasteiger partial charge < -0.3 is 10.4 Å². The van der Waals surface area contributed by atoms with Crippen molar-refractivity contribution in [3.05, 3.63) is 41.8 Å². The predicted molar refractivity (Wildman–Crippen MR) is 67.8 cm³/mol. The van der Waals surface area contributed by atoms with Crippen LogP contribution in [0.4, 0.5) is 8.78 Å². The van der Waals surface area contributed by atoms with Gasteiger partial charge in [0, 0.05) is 18.0 Å². The highest BCUT2D eigenvalue weighted by Gasteiger charge is 2.17. The summed E-state index contributed by atoms with van der Waals surface area (Å²) in [4.78, 5) is 11.2. The standard InChI is InChI=1S/C12H13F2NO4S/c13-12(14)10(16)8-15-11(17)6-7-20(18,19)9-4-2-1-3-5-9/h1-7,10,12,16H,8H2,(H,15,17)/b7-6+. The van der Waals surface area contributed by atoms with Crippen LogP contribution < -0.4 is 5.32 Å². The summed E-state index contributed by atoms with van der Waals surface area (Å²) in [5.41, 5.74) is 0. The molecule has 0 bridgehead atoms. The van der Waals surface area contributed by atoms with Crippen LogP contribution in [0, 0.1) is 0 Å². The quantitative estimate of drug-likeness (QED) is 0.759. The largest absolute Gasteiger partial charge is 0.385 e. The van der Waals surface area contributed by atoms with Crippen LogP contribution in [0.2, 0.25) is 0 Å². The van der Waals surface area contributed by atoms with Crippen molar-refractivity contribution >= 4 is 15.7 Å². The number of rotatable bonds is 6. The van der Waals surface area contributed by atoms with E-state index in [0.29, 0.717) is 11.5 Å². The van der Waals surface area contributed by atoms with Gasteiger partial charge in [-0.2, -0.15) is 0 Å². The van der Waals surface area contributed by atoms with Gasteiger partial charge in [-0.3, -0.25) is 4.79 Å². The number of sulfone groups is 1. The van der Waals surface area contributed by atoms with Crippen LogP contribution in [0.25, 0.3) is 0 Å². The van der Waals surface area contributed by atoms with Gasteiger partial charge in [-0.15, -0.1) is 0 Å². The maximum Gasteiger partial charge on any atom is 0.265 e. The summed E-state index contributed by atoms with van der Waals surface area (Å²) in [6.07, 6.45) is -4.26. The second kappa shape index (κ2) is 7.11. The van der Waals surface area contributed by atoms with E-state index >= 15 is 0 Å². The fourth-order valence-corrected chi connectivity index (χ4v) is 2.19. The Morgan fingerprint density at radius 3 is 2.45 bits per heavy atom. The molecule has 1 atom stereocenters. The van der Waals surface area contributed by atoms with E-state index in [1.165, 1.54) is 24.3 Å². The van der Waals surface area contributed by atoms with Crippen LogP contribution in [-0.4, -0.2) is 38.5 Å². The van der Waals surface area contributed by atoms with E-state index in [4.69, 9.17) is 5.11 Å². The Bertz CT molecular complexity index is 572. The Morgan fingerprint density at radius 2 is 1.90 bits per heavy atom. The maximum atomic E-state index is 12.0. The first-order valence-electron chi connectivity index (χ1n) is 5.55. The molecule has 0 aliphatic carbocycles. The van der Waals surface area contributed by atoms with Gasteiger partial charge in [0.15, 0.2) is 9.84 Å². The van der Waals surface area contributed by atoms with Gasteiger partial charge in [-0.05, 0) is 12.1 Å². The summed E-state index contributed by atoms with van der Waals surface area (Å²) in [7, 11) is -3.76. The number of carbonyl (C=O) groups excluding carboxylic acids is 1. The lowest BCUT2D eigenvalue weighted by molar-refractivity contribution is -0.117. The molecule has 2 N–H and O–H groups in total. The zero-order valence-corrected chi connectivity index (χ0v) is 11.1. The predicted octanol–water partition coefficient (Wildman–Crippen LogP) is 0.716. The van der Waals surface area contributed by atoms with Crippen LogP contribution in [0.15, 0.2) is 46.7 Å². The normalized spacial score (nSPS) is 13.6. The van der Waals surface area contributed by atoms with Gasteiger partial charge in [0.05, 0.1) is 4.90 Å². The molecule has 1 rings (SSSR count). The van der Waals surface area contributed by atoms with Gasteiger partial charge in [-0.25, -0.2) is 17.2 Å². The third-order valence-electron chi connectivity index (χ3n) is 2.25. The summed E-state index contributed by atoms with van der Waals surface area (Å²) in [6.45, 7) is -0.660. The van der Waals surface area contributed by atoms with E-state index in [0.717, 1.165) is 0 Å². The number of aliphatic hydroxyl groups is 1. The van der Waals surface area contributed by atoms with Crippen molar-refractivity contribution in [2.45, 2.75) is 17.4 Å². The molecule has 0 spiro atoms. The SMILES string of the molecule is O=C(/C=C/S(=O)(=O)c1ccccc1)NCC(O)C(F)F.